The van der Waals surface area contributed by atoms with E-state index in [0.717, 1.165) is 48.1 Å². The van der Waals surface area contributed by atoms with Gasteiger partial charge in [-0.1, -0.05) is 36.4 Å². The molecule has 7 heteroatoms. The Morgan fingerprint density at radius 3 is 2.29 bits per heavy atom. The summed E-state index contributed by atoms with van der Waals surface area (Å²) < 4.78 is 7.65. The third kappa shape index (κ3) is 5.06. The minimum atomic E-state index is -0.0704. The molecule has 1 fully saturated rings. The third-order valence-electron chi connectivity index (χ3n) is 5.60. The number of aromatic nitrogens is 2. The number of para-hydroxylation sites is 2. The summed E-state index contributed by atoms with van der Waals surface area (Å²) in [7, 11) is 0. The van der Waals surface area contributed by atoms with Crippen molar-refractivity contribution in [2.75, 3.05) is 44.6 Å². The molecule has 0 atom stereocenters. The Balaban J connectivity index is 1.28. The SMILES string of the molecule is Cc1nn(-c2ccccc2)c(C)c1NC(=O)N1CCN(CCOc2ccccc2)CC1. The molecule has 0 spiro atoms. The number of hydrogen-bond donors (Lipinski definition) is 1. The molecule has 2 amide bonds. The van der Waals surface area contributed by atoms with Crippen LogP contribution in [0.15, 0.2) is 60.7 Å². The Morgan fingerprint density at radius 1 is 0.968 bits per heavy atom. The lowest BCUT2D eigenvalue weighted by Crippen LogP contribution is -2.50. The highest BCUT2D eigenvalue weighted by Gasteiger charge is 2.23. The molecule has 0 radical (unpaired) electrons. The summed E-state index contributed by atoms with van der Waals surface area (Å²) in [5.74, 6) is 0.891. The van der Waals surface area contributed by atoms with Crippen molar-refractivity contribution in [2.45, 2.75) is 13.8 Å². The van der Waals surface area contributed by atoms with Crippen molar-refractivity contribution in [1.29, 1.82) is 0 Å². The van der Waals surface area contributed by atoms with E-state index in [-0.39, 0.29) is 6.03 Å². The molecule has 1 aromatic heterocycles. The lowest BCUT2D eigenvalue weighted by atomic mass is 10.3. The van der Waals surface area contributed by atoms with Gasteiger partial charge < -0.3 is 15.0 Å². The standard InChI is InChI=1S/C24H29N5O2/c1-19-23(20(2)29(26-19)21-9-5-3-6-10-21)25-24(30)28-15-13-27(14-16-28)17-18-31-22-11-7-4-8-12-22/h3-12H,13-18H2,1-2H3,(H,25,30). The zero-order valence-corrected chi connectivity index (χ0v) is 18.1. The minimum Gasteiger partial charge on any atom is -0.492 e. The predicted octanol–water partition coefficient (Wildman–Crippen LogP) is 3.72. The van der Waals surface area contributed by atoms with E-state index in [2.05, 4.69) is 15.3 Å². The van der Waals surface area contributed by atoms with Crippen LogP contribution in [0.25, 0.3) is 5.69 Å². The van der Waals surface area contributed by atoms with Crippen LogP contribution >= 0.6 is 0 Å². The van der Waals surface area contributed by atoms with Gasteiger partial charge in [0.1, 0.15) is 12.4 Å². The van der Waals surface area contributed by atoms with Crippen LogP contribution in [-0.4, -0.2) is 64.9 Å². The van der Waals surface area contributed by atoms with Crippen LogP contribution in [0.2, 0.25) is 0 Å². The molecule has 0 bridgehead atoms. The largest absolute Gasteiger partial charge is 0.492 e. The Morgan fingerprint density at radius 2 is 1.61 bits per heavy atom. The number of anilines is 1. The van der Waals surface area contributed by atoms with Gasteiger partial charge in [0, 0.05) is 32.7 Å². The second-order valence-electron chi connectivity index (χ2n) is 7.71. The molecule has 1 aliphatic rings. The van der Waals surface area contributed by atoms with Crippen LogP contribution in [0.5, 0.6) is 5.75 Å². The number of piperazine rings is 1. The monoisotopic (exact) mass is 419 g/mol. The second kappa shape index (κ2) is 9.66. The lowest BCUT2D eigenvalue weighted by Gasteiger charge is -2.34. The summed E-state index contributed by atoms with van der Waals surface area (Å²) in [4.78, 5) is 17.1. The first-order chi connectivity index (χ1) is 15.1. The number of carbonyl (C=O) groups is 1. The van der Waals surface area contributed by atoms with Crippen LogP contribution in [0.3, 0.4) is 0 Å². The van der Waals surface area contributed by atoms with Crippen molar-refractivity contribution in [3.05, 3.63) is 72.1 Å². The zero-order valence-electron chi connectivity index (χ0n) is 18.1. The molecular formula is C24H29N5O2. The van der Waals surface area contributed by atoms with E-state index >= 15 is 0 Å². The second-order valence-corrected chi connectivity index (χ2v) is 7.71. The van der Waals surface area contributed by atoms with Crippen LogP contribution in [-0.2, 0) is 0 Å². The molecule has 3 aromatic rings. The normalized spacial score (nSPS) is 14.5. The molecule has 0 saturated carbocycles. The third-order valence-corrected chi connectivity index (χ3v) is 5.60. The van der Waals surface area contributed by atoms with E-state index in [1.165, 1.54) is 0 Å². The topological polar surface area (TPSA) is 62.6 Å². The average molecular weight is 420 g/mol. The van der Waals surface area contributed by atoms with Gasteiger partial charge >= 0.3 is 6.03 Å². The van der Waals surface area contributed by atoms with Gasteiger partial charge in [-0.15, -0.1) is 0 Å². The number of carbonyl (C=O) groups excluding carboxylic acids is 1. The first-order valence-corrected chi connectivity index (χ1v) is 10.7. The summed E-state index contributed by atoms with van der Waals surface area (Å²) in [5, 5.41) is 7.69. The van der Waals surface area contributed by atoms with E-state index in [0.29, 0.717) is 19.7 Å². The van der Waals surface area contributed by atoms with Crippen molar-refractivity contribution < 1.29 is 9.53 Å². The van der Waals surface area contributed by atoms with E-state index in [4.69, 9.17) is 4.74 Å². The Labute approximate surface area is 183 Å². The van der Waals surface area contributed by atoms with Gasteiger partial charge in [0.15, 0.2) is 0 Å². The number of nitrogens with one attached hydrogen (secondary N) is 1. The van der Waals surface area contributed by atoms with Crippen LogP contribution < -0.4 is 10.1 Å². The van der Waals surface area contributed by atoms with Gasteiger partial charge in [0.2, 0.25) is 0 Å². The molecule has 4 rings (SSSR count). The van der Waals surface area contributed by atoms with E-state index in [1.807, 2.05) is 84.1 Å². The molecule has 2 heterocycles. The molecule has 1 aliphatic heterocycles. The summed E-state index contributed by atoms with van der Waals surface area (Å²) >= 11 is 0. The van der Waals surface area contributed by atoms with Crippen molar-refractivity contribution in [1.82, 2.24) is 19.6 Å². The minimum absolute atomic E-state index is 0.0704. The Hall–Kier alpha value is -3.32. The van der Waals surface area contributed by atoms with Gasteiger partial charge in [0.05, 0.1) is 22.8 Å². The summed E-state index contributed by atoms with van der Waals surface area (Å²) in [5.41, 5.74) is 3.50. The number of nitrogens with zero attached hydrogens (tertiary/aromatic N) is 4. The quantitative estimate of drug-likeness (QED) is 0.662. The van der Waals surface area contributed by atoms with Crippen molar-refractivity contribution in [3.63, 3.8) is 0 Å². The number of ether oxygens (including phenoxy) is 1. The number of aryl methyl sites for hydroxylation is 1. The van der Waals surface area contributed by atoms with Crippen molar-refractivity contribution in [2.24, 2.45) is 0 Å². The lowest BCUT2D eigenvalue weighted by molar-refractivity contribution is 0.132. The maximum absolute atomic E-state index is 12.9. The molecule has 31 heavy (non-hydrogen) atoms. The van der Waals surface area contributed by atoms with E-state index < -0.39 is 0 Å². The molecular weight excluding hydrogens is 390 g/mol. The zero-order chi connectivity index (χ0) is 21.6. The van der Waals surface area contributed by atoms with Gasteiger partial charge in [-0.3, -0.25) is 4.90 Å². The van der Waals surface area contributed by atoms with Crippen molar-refractivity contribution >= 4 is 11.7 Å². The fourth-order valence-electron chi connectivity index (χ4n) is 3.81. The van der Waals surface area contributed by atoms with Crippen LogP contribution in [0, 0.1) is 13.8 Å². The maximum Gasteiger partial charge on any atom is 0.322 e. The number of benzene rings is 2. The van der Waals surface area contributed by atoms with Crippen molar-refractivity contribution in [3.8, 4) is 11.4 Å². The summed E-state index contributed by atoms with van der Waals surface area (Å²) in [6.45, 7) is 8.48. The molecule has 162 valence electrons. The summed E-state index contributed by atoms with van der Waals surface area (Å²) in [6, 6.07) is 19.7. The van der Waals surface area contributed by atoms with Gasteiger partial charge in [-0.05, 0) is 38.1 Å². The number of hydrogen-bond acceptors (Lipinski definition) is 4. The average Bonchev–Trinajstić information content (AvgIpc) is 3.09. The van der Waals surface area contributed by atoms with Gasteiger partial charge in [0.25, 0.3) is 0 Å². The first-order valence-electron chi connectivity index (χ1n) is 10.7. The maximum atomic E-state index is 12.9. The predicted molar refractivity (Wildman–Crippen MR) is 122 cm³/mol. The van der Waals surface area contributed by atoms with E-state index in [9.17, 15) is 4.79 Å². The molecule has 0 aliphatic carbocycles. The van der Waals surface area contributed by atoms with Crippen LogP contribution in [0.4, 0.5) is 10.5 Å². The highest BCUT2D eigenvalue weighted by Crippen LogP contribution is 2.23. The van der Waals surface area contributed by atoms with E-state index in [1.54, 1.807) is 0 Å². The Bertz CT molecular complexity index is 996. The van der Waals surface area contributed by atoms with Crippen LogP contribution in [0.1, 0.15) is 11.4 Å². The Kier molecular flexibility index (Phi) is 6.52. The fourth-order valence-corrected chi connectivity index (χ4v) is 3.81. The smallest absolute Gasteiger partial charge is 0.322 e. The first kappa shape index (κ1) is 20.9. The number of amides is 2. The molecule has 2 aromatic carbocycles. The molecule has 0 unspecified atom stereocenters. The summed E-state index contributed by atoms with van der Waals surface area (Å²) in [6.07, 6.45) is 0. The number of urea groups is 1. The van der Waals surface area contributed by atoms with Gasteiger partial charge in [-0.25, -0.2) is 9.48 Å². The highest BCUT2D eigenvalue weighted by molar-refractivity contribution is 5.90. The molecule has 1 N–H and O–H groups in total. The molecule has 1 saturated heterocycles. The fraction of sp³-hybridized carbons (Fsp3) is 0.333. The highest BCUT2D eigenvalue weighted by atomic mass is 16.5. The molecule has 7 nitrogen and oxygen atoms in total. The van der Waals surface area contributed by atoms with Gasteiger partial charge in [-0.2, -0.15) is 5.10 Å². The number of rotatable bonds is 6.